The first-order valence-corrected chi connectivity index (χ1v) is 12.8. The Hall–Kier alpha value is -1.58. The number of alkyl halides is 1. The zero-order valence-corrected chi connectivity index (χ0v) is 21.0. The van der Waals surface area contributed by atoms with Gasteiger partial charge in [0.15, 0.2) is 0 Å². The van der Waals surface area contributed by atoms with Gasteiger partial charge in [-0.1, -0.05) is 34.1 Å². The van der Waals surface area contributed by atoms with Gasteiger partial charge in [-0.05, 0) is 45.2 Å². The van der Waals surface area contributed by atoms with Crippen molar-refractivity contribution in [2.45, 2.75) is 61.0 Å². The van der Waals surface area contributed by atoms with Gasteiger partial charge in [-0.15, -0.1) is 11.8 Å². The lowest BCUT2D eigenvalue weighted by Crippen LogP contribution is -2.54. The molecule has 3 heterocycles. The van der Waals surface area contributed by atoms with Crippen LogP contribution in [0.3, 0.4) is 0 Å². The Bertz CT molecular complexity index is 938. The minimum absolute atomic E-state index is 0.00848. The van der Waals surface area contributed by atoms with Crippen LogP contribution in [0.1, 0.15) is 31.4 Å². The van der Waals surface area contributed by atoms with Crippen molar-refractivity contribution in [1.29, 1.82) is 0 Å². The molecule has 3 saturated heterocycles. The number of amides is 2. The zero-order chi connectivity index (χ0) is 23.4. The summed E-state index contributed by atoms with van der Waals surface area (Å²) < 4.78 is 4.58. The molecule has 1 aromatic rings. The maximum Gasteiger partial charge on any atom is 0.310 e. The van der Waals surface area contributed by atoms with Crippen LogP contribution >= 0.6 is 27.7 Å². The molecule has 0 aromatic heterocycles. The first-order chi connectivity index (χ1) is 15.2. The number of anilines is 1. The van der Waals surface area contributed by atoms with Gasteiger partial charge in [-0.2, -0.15) is 0 Å². The summed E-state index contributed by atoms with van der Waals surface area (Å²) in [6.07, 6.45) is 0.591. The van der Waals surface area contributed by atoms with Gasteiger partial charge in [-0.25, -0.2) is 0 Å². The van der Waals surface area contributed by atoms with E-state index in [1.807, 2.05) is 32.0 Å². The van der Waals surface area contributed by atoms with Crippen LogP contribution in [0.15, 0.2) is 18.2 Å². The van der Waals surface area contributed by atoms with Crippen molar-refractivity contribution in [1.82, 2.24) is 4.90 Å². The van der Waals surface area contributed by atoms with Crippen LogP contribution in [-0.2, 0) is 19.1 Å². The van der Waals surface area contributed by atoms with Gasteiger partial charge in [-0.3, -0.25) is 14.4 Å². The number of benzene rings is 1. The Balaban J connectivity index is 1.77. The maximum atomic E-state index is 13.8. The van der Waals surface area contributed by atoms with Crippen molar-refractivity contribution in [2.24, 2.45) is 11.8 Å². The number of aliphatic hydroxyl groups excluding tert-OH is 1. The summed E-state index contributed by atoms with van der Waals surface area (Å²) >= 11 is 5.27. The van der Waals surface area contributed by atoms with E-state index >= 15 is 0 Å². The quantitative estimate of drug-likeness (QED) is 0.438. The molecule has 0 aliphatic carbocycles. The fraction of sp³-hybridized carbons (Fsp3) is 0.609. The standard InChI is InChI=1S/C23H29BrN2O5S/c1-5-31-22(30)15-16-21(29)26(13(4)10-27)19(23(16)9-14(24)18(15)32-23)20(28)25-17-11(2)7-6-8-12(17)3/h6-8,13-16,18-19,27H,5,9-10H2,1-4H3,(H,25,28)/t13-,14?,15+,16+,18+,19?,23?/m1/s1. The van der Waals surface area contributed by atoms with Crippen LogP contribution in [0.4, 0.5) is 5.69 Å². The molecule has 7 nitrogen and oxygen atoms in total. The number of hydrogen-bond acceptors (Lipinski definition) is 6. The number of aryl methyl sites for hydroxylation is 2. The smallest absolute Gasteiger partial charge is 0.310 e. The van der Waals surface area contributed by atoms with Gasteiger partial charge in [0.1, 0.15) is 6.04 Å². The summed E-state index contributed by atoms with van der Waals surface area (Å²) in [5.41, 5.74) is 2.60. The number of carbonyl (C=O) groups is 3. The summed E-state index contributed by atoms with van der Waals surface area (Å²) in [6, 6.07) is 4.45. The molecule has 3 fully saturated rings. The summed E-state index contributed by atoms with van der Waals surface area (Å²) in [5.74, 6) is -2.18. The third-order valence-electron chi connectivity index (χ3n) is 7.00. The number of halogens is 1. The van der Waals surface area contributed by atoms with Crippen molar-refractivity contribution in [3.8, 4) is 0 Å². The molecule has 9 heteroatoms. The third-order valence-corrected chi connectivity index (χ3v) is 10.2. The monoisotopic (exact) mass is 524 g/mol. The van der Waals surface area contributed by atoms with Crippen LogP contribution in [0.2, 0.25) is 0 Å². The molecule has 3 aliphatic rings. The number of aliphatic hydroxyl groups is 1. The van der Waals surface area contributed by atoms with E-state index < -0.39 is 28.7 Å². The molecule has 2 bridgehead atoms. The van der Waals surface area contributed by atoms with Gasteiger partial charge in [0, 0.05) is 15.8 Å². The van der Waals surface area contributed by atoms with Crippen molar-refractivity contribution in [2.75, 3.05) is 18.5 Å². The highest BCUT2D eigenvalue weighted by Gasteiger charge is 2.76. The second-order valence-corrected chi connectivity index (χ2v) is 11.7. The number of nitrogens with zero attached hydrogens (tertiary/aromatic N) is 1. The Kier molecular flexibility index (Phi) is 6.37. The number of thioether (sulfide) groups is 1. The summed E-state index contributed by atoms with van der Waals surface area (Å²) in [6.45, 7) is 7.31. The normalized spacial score (nSPS) is 33.9. The first-order valence-electron chi connectivity index (χ1n) is 11.0. The predicted molar refractivity (Wildman–Crippen MR) is 127 cm³/mol. The lowest BCUT2D eigenvalue weighted by molar-refractivity contribution is -0.154. The number of esters is 1. The van der Waals surface area contributed by atoms with Crippen LogP contribution in [0.25, 0.3) is 0 Å². The lowest BCUT2D eigenvalue weighted by Gasteiger charge is -2.36. The summed E-state index contributed by atoms with van der Waals surface area (Å²) in [5, 5.41) is 12.8. The van der Waals surface area contributed by atoms with Gasteiger partial charge in [0.2, 0.25) is 11.8 Å². The number of ether oxygens (including phenoxy) is 1. The molecule has 4 rings (SSSR count). The maximum absolute atomic E-state index is 13.8. The molecule has 0 saturated carbocycles. The number of fused-ring (bicyclic) bond motifs is 1. The Morgan fingerprint density at radius 3 is 2.62 bits per heavy atom. The Morgan fingerprint density at radius 2 is 2.03 bits per heavy atom. The molecule has 3 aliphatic heterocycles. The molecular formula is C23H29BrN2O5S. The van der Waals surface area contributed by atoms with E-state index in [0.717, 1.165) is 16.8 Å². The van der Waals surface area contributed by atoms with Crippen molar-refractivity contribution < 1.29 is 24.2 Å². The van der Waals surface area contributed by atoms with E-state index in [4.69, 9.17) is 4.74 Å². The van der Waals surface area contributed by atoms with Crippen molar-refractivity contribution in [3.05, 3.63) is 29.3 Å². The Morgan fingerprint density at radius 1 is 1.38 bits per heavy atom. The Labute approximate surface area is 200 Å². The average Bonchev–Trinajstić information content (AvgIpc) is 3.33. The van der Waals surface area contributed by atoms with Gasteiger partial charge >= 0.3 is 5.97 Å². The summed E-state index contributed by atoms with van der Waals surface area (Å²) in [7, 11) is 0. The number of carbonyl (C=O) groups excluding carboxylic acids is 3. The number of rotatable bonds is 6. The third kappa shape index (κ3) is 3.39. The molecule has 3 unspecified atom stereocenters. The predicted octanol–water partition coefficient (Wildman–Crippen LogP) is 2.65. The fourth-order valence-corrected chi connectivity index (χ4v) is 9.23. The number of hydrogen-bond donors (Lipinski definition) is 2. The topological polar surface area (TPSA) is 95.9 Å². The molecular weight excluding hydrogens is 496 g/mol. The van der Waals surface area contributed by atoms with Crippen LogP contribution in [-0.4, -0.2) is 67.9 Å². The van der Waals surface area contributed by atoms with E-state index in [1.165, 1.54) is 4.90 Å². The molecule has 2 amide bonds. The van der Waals surface area contributed by atoms with E-state index in [2.05, 4.69) is 21.2 Å². The van der Waals surface area contributed by atoms with E-state index in [1.54, 1.807) is 25.6 Å². The molecule has 7 atom stereocenters. The number of likely N-dealkylation sites (tertiary alicyclic amines) is 1. The number of nitrogens with one attached hydrogen (secondary N) is 1. The highest BCUT2D eigenvalue weighted by atomic mass is 79.9. The fourth-order valence-electron chi connectivity index (χ4n) is 5.64. The highest BCUT2D eigenvalue weighted by molar-refractivity contribution is 9.09. The van der Waals surface area contributed by atoms with Crippen LogP contribution in [0.5, 0.6) is 0 Å². The largest absolute Gasteiger partial charge is 0.466 e. The van der Waals surface area contributed by atoms with E-state index in [-0.39, 0.29) is 41.1 Å². The molecule has 1 spiro atoms. The van der Waals surface area contributed by atoms with Crippen molar-refractivity contribution in [3.63, 3.8) is 0 Å². The van der Waals surface area contributed by atoms with Gasteiger partial charge in [0.05, 0.1) is 35.8 Å². The van der Waals surface area contributed by atoms with Crippen LogP contribution < -0.4 is 5.32 Å². The van der Waals surface area contributed by atoms with Gasteiger partial charge < -0.3 is 20.1 Å². The lowest BCUT2D eigenvalue weighted by atomic mass is 9.71. The minimum Gasteiger partial charge on any atom is -0.466 e. The second-order valence-electron chi connectivity index (χ2n) is 8.95. The van der Waals surface area contributed by atoms with Crippen LogP contribution in [0, 0.1) is 25.7 Å². The van der Waals surface area contributed by atoms with E-state index in [0.29, 0.717) is 6.42 Å². The molecule has 0 radical (unpaired) electrons. The molecule has 2 N–H and O–H groups in total. The molecule has 32 heavy (non-hydrogen) atoms. The molecule has 174 valence electrons. The average molecular weight is 525 g/mol. The second kappa shape index (κ2) is 8.65. The zero-order valence-electron chi connectivity index (χ0n) is 18.6. The summed E-state index contributed by atoms with van der Waals surface area (Å²) in [4.78, 5) is 41.9. The highest BCUT2D eigenvalue weighted by Crippen LogP contribution is 2.68. The van der Waals surface area contributed by atoms with Crippen molar-refractivity contribution >= 4 is 51.2 Å². The molecule has 1 aromatic carbocycles. The van der Waals surface area contributed by atoms with Gasteiger partial charge in [0.25, 0.3) is 0 Å². The van der Waals surface area contributed by atoms with E-state index in [9.17, 15) is 19.5 Å². The SMILES string of the molecule is CCOC(=O)[C@H]1[C@H]2C(=O)N([C@H](C)CO)C(C(=O)Nc3c(C)cccc3C)C23CC(Br)[C@@H]1S3. The first kappa shape index (κ1) is 23.6. The number of para-hydroxylation sites is 1. The minimum atomic E-state index is -0.796.